The van der Waals surface area contributed by atoms with Crippen molar-refractivity contribution in [1.82, 2.24) is 14.3 Å². The fourth-order valence-corrected chi connectivity index (χ4v) is 3.86. The Hall–Kier alpha value is -2.45. The highest BCUT2D eigenvalue weighted by Crippen LogP contribution is 2.23. The lowest BCUT2D eigenvalue weighted by atomic mass is 10.0. The molecule has 1 N–H and O–H groups in total. The number of aryl methyl sites for hydroxylation is 1. The van der Waals surface area contributed by atoms with Gasteiger partial charge in [-0.3, -0.25) is 9.55 Å². The first-order chi connectivity index (χ1) is 11.2. The summed E-state index contributed by atoms with van der Waals surface area (Å²) in [6.07, 6.45) is 1.61. The lowest BCUT2D eigenvalue weighted by Gasteiger charge is -2.25. The first-order valence-corrected chi connectivity index (χ1v) is 8.74. The lowest BCUT2D eigenvalue weighted by Crippen LogP contribution is -2.41. The minimum absolute atomic E-state index is 0.0216. The number of nitrogens with one attached hydrogen (secondary N) is 1. The quantitative estimate of drug-likeness (QED) is 0.776. The van der Waals surface area contributed by atoms with Gasteiger partial charge in [-0.15, -0.1) is 0 Å². The number of fused-ring (bicyclic) bond motifs is 1. The van der Waals surface area contributed by atoms with Crippen molar-refractivity contribution in [2.45, 2.75) is 24.3 Å². The molecule has 0 aliphatic carbocycles. The van der Waals surface area contributed by atoms with E-state index in [9.17, 15) is 13.2 Å². The van der Waals surface area contributed by atoms with E-state index in [2.05, 4.69) is 9.71 Å². The van der Waals surface area contributed by atoms with Crippen LogP contribution in [0.4, 0.5) is 0 Å². The number of aromatic nitrogens is 2. The van der Waals surface area contributed by atoms with Crippen LogP contribution in [0.3, 0.4) is 0 Å². The van der Waals surface area contributed by atoms with E-state index >= 15 is 0 Å². The van der Waals surface area contributed by atoms with E-state index in [0.717, 1.165) is 0 Å². The minimum Gasteiger partial charge on any atom is -0.408 e. The van der Waals surface area contributed by atoms with Gasteiger partial charge in [0.2, 0.25) is 10.0 Å². The summed E-state index contributed by atoms with van der Waals surface area (Å²) in [5.41, 5.74) is 0.455. The van der Waals surface area contributed by atoms with E-state index < -0.39 is 21.3 Å². The number of rotatable bonds is 4. The minimum atomic E-state index is -3.82. The lowest BCUT2D eigenvalue weighted by molar-refractivity contribution is 0.460. The maximum absolute atomic E-state index is 12.7. The van der Waals surface area contributed by atoms with Crippen LogP contribution in [0.1, 0.15) is 19.5 Å². The van der Waals surface area contributed by atoms with Crippen LogP contribution in [0.25, 0.3) is 11.1 Å². The molecule has 0 aliphatic heterocycles. The van der Waals surface area contributed by atoms with Crippen LogP contribution in [0, 0.1) is 0 Å². The topological polar surface area (TPSA) is 94.2 Å². The number of hydrogen-bond acceptors (Lipinski definition) is 5. The standard InChI is InChI=1S/C16H17N3O4S/c1-16(2,14-6-4-5-9-17-14)18-24(21,22)11-7-8-12-13(10-11)23-15(20)19(12)3/h4-10,18H,1-3H3. The Kier molecular flexibility index (Phi) is 3.81. The second kappa shape index (κ2) is 5.57. The first kappa shape index (κ1) is 16.4. The third kappa shape index (κ3) is 2.85. The van der Waals surface area contributed by atoms with Crippen molar-refractivity contribution in [2.75, 3.05) is 0 Å². The Labute approximate surface area is 139 Å². The molecule has 8 heteroatoms. The van der Waals surface area contributed by atoms with E-state index in [1.165, 1.54) is 16.7 Å². The summed E-state index contributed by atoms with van der Waals surface area (Å²) in [5.74, 6) is -0.540. The molecule has 3 rings (SSSR count). The van der Waals surface area contributed by atoms with Gasteiger partial charge in [0.1, 0.15) is 0 Å². The Morgan fingerprint density at radius 3 is 2.62 bits per heavy atom. The summed E-state index contributed by atoms with van der Waals surface area (Å²) in [7, 11) is -2.26. The SMILES string of the molecule is Cn1c(=O)oc2cc(S(=O)(=O)NC(C)(C)c3ccccn3)ccc21. The zero-order valence-electron chi connectivity index (χ0n) is 13.5. The molecular formula is C16H17N3O4S. The van der Waals surface area contributed by atoms with Crippen LogP contribution >= 0.6 is 0 Å². The van der Waals surface area contributed by atoms with Gasteiger partial charge in [0.05, 0.1) is 21.6 Å². The monoisotopic (exact) mass is 347 g/mol. The van der Waals surface area contributed by atoms with Crippen molar-refractivity contribution in [3.8, 4) is 0 Å². The predicted octanol–water partition coefficient (Wildman–Crippen LogP) is 1.74. The van der Waals surface area contributed by atoms with Gasteiger partial charge in [-0.1, -0.05) is 6.07 Å². The maximum Gasteiger partial charge on any atom is 0.419 e. The smallest absolute Gasteiger partial charge is 0.408 e. The zero-order valence-corrected chi connectivity index (χ0v) is 14.3. The average molecular weight is 347 g/mol. The number of nitrogens with zero attached hydrogens (tertiary/aromatic N) is 2. The Balaban J connectivity index is 2.00. The Morgan fingerprint density at radius 2 is 1.96 bits per heavy atom. The van der Waals surface area contributed by atoms with E-state index in [-0.39, 0.29) is 10.5 Å². The highest BCUT2D eigenvalue weighted by Gasteiger charge is 2.29. The van der Waals surface area contributed by atoms with Crippen molar-refractivity contribution >= 4 is 21.1 Å². The molecular weight excluding hydrogens is 330 g/mol. The molecule has 0 aliphatic rings. The number of benzene rings is 1. The predicted molar refractivity (Wildman–Crippen MR) is 89.0 cm³/mol. The summed E-state index contributed by atoms with van der Waals surface area (Å²) >= 11 is 0. The van der Waals surface area contributed by atoms with Crippen LogP contribution in [-0.2, 0) is 22.6 Å². The first-order valence-electron chi connectivity index (χ1n) is 7.26. The number of pyridine rings is 1. The van der Waals surface area contributed by atoms with Crippen LogP contribution in [-0.4, -0.2) is 18.0 Å². The molecule has 0 unspecified atom stereocenters. The molecule has 0 saturated heterocycles. The average Bonchev–Trinajstić information content (AvgIpc) is 2.81. The fraction of sp³-hybridized carbons (Fsp3) is 0.250. The van der Waals surface area contributed by atoms with Gasteiger partial charge >= 0.3 is 5.76 Å². The number of sulfonamides is 1. The molecule has 0 bridgehead atoms. The van der Waals surface area contributed by atoms with Crippen LogP contribution in [0.5, 0.6) is 0 Å². The largest absolute Gasteiger partial charge is 0.419 e. The highest BCUT2D eigenvalue weighted by molar-refractivity contribution is 7.89. The summed E-state index contributed by atoms with van der Waals surface area (Å²) in [6.45, 7) is 3.46. The van der Waals surface area contributed by atoms with Crippen LogP contribution in [0.15, 0.2) is 56.7 Å². The molecule has 1 aromatic carbocycles. The van der Waals surface area contributed by atoms with Crippen molar-refractivity contribution in [1.29, 1.82) is 0 Å². The van der Waals surface area contributed by atoms with Crippen LogP contribution < -0.4 is 10.5 Å². The number of oxazole rings is 1. The molecule has 3 aromatic rings. The van der Waals surface area contributed by atoms with Gasteiger partial charge in [-0.25, -0.2) is 13.2 Å². The fourth-order valence-electron chi connectivity index (χ4n) is 2.46. The molecule has 126 valence electrons. The molecule has 7 nitrogen and oxygen atoms in total. The molecule has 2 heterocycles. The van der Waals surface area contributed by atoms with Crippen molar-refractivity contribution in [3.63, 3.8) is 0 Å². The van der Waals surface area contributed by atoms with E-state index in [1.807, 2.05) is 0 Å². The summed E-state index contributed by atoms with van der Waals surface area (Å²) < 4.78 is 34.4. The van der Waals surface area contributed by atoms with Gasteiger partial charge in [-0.05, 0) is 38.1 Å². The van der Waals surface area contributed by atoms with Crippen molar-refractivity contribution < 1.29 is 12.8 Å². The Bertz CT molecular complexity index is 1050. The second-order valence-corrected chi connectivity index (χ2v) is 7.68. The van der Waals surface area contributed by atoms with Gasteiger partial charge < -0.3 is 4.42 Å². The molecule has 0 spiro atoms. The number of hydrogen-bond donors (Lipinski definition) is 1. The van der Waals surface area contributed by atoms with Gasteiger partial charge in [0, 0.05) is 19.3 Å². The molecule has 0 atom stereocenters. The normalized spacial score (nSPS) is 12.6. The molecule has 0 radical (unpaired) electrons. The molecule has 0 fully saturated rings. The molecule has 24 heavy (non-hydrogen) atoms. The molecule has 0 amide bonds. The van der Waals surface area contributed by atoms with Crippen molar-refractivity contribution in [3.05, 3.63) is 58.8 Å². The third-order valence-electron chi connectivity index (χ3n) is 3.77. The second-order valence-electron chi connectivity index (χ2n) is 6.00. The summed E-state index contributed by atoms with van der Waals surface area (Å²) in [6, 6.07) is 9.63. The van der Waals surface area contributed by atoms with E-state index in [0.29, 0.717) is 11.2 Å². The molecule has 0 saturated carbocycles. The van der Waals surface area contributed by atoms with E-state index in [4.69, 9.17) is 4.42 Å². The zero-order chi connectivity index (χ0) is 17.5. The highest BCUT2D eigenvalue weighted by atomic mass is 32.2. The van der Waals surface area contributed by atoms with Gasteiger partial charge in [-0.2, -0.15) is 4.72 Å². The van der Waals surface area contributed by atoms with Crippen molar-refractivity contribution in [2.24, 2.45) is 7.05 Å². The summed E-state index contributed by atoms with van der Waals surface area (Å²) in [5, 5.41) is 0. The summed E-state index contributed by atoms with van der Waals surface area (Å²) in [4.78, 5) is 15.8. The maximum atomic E-state index is 12.7. The Morgan fingerprint density at radius 1 is 1.21 bits per heavy atom. The van der Waals surface area contributed by atoms with Gasteiger partial charge in [0.25, 0.3) is 0 Å². The third-order valence-corrected chi connectivity index (χ3v) is 5.42. The molecule has 2 aromatic heterocycles. The van der Waals surface area contributed by atoms with Gasteiger partial charge in [0.15, 0.2) is 5.58 Å². The van der Waals surface area contributed by atoms with Crippen LogP contribution in [0.2, 0.25) is 0 Å². The van der Waals surface area contributed by atoms with E-state index in [1.54, 1.807) is 51.4 Å².